The van der Waals surface area contributed by atoms with Crippen LogP contribution in [0.15, 0.2) is 36.4 Å². The largest absolute Gasteiger partial charge is 0.416 e. The van der Waals surface area contributed by atoms with E-state index >= 15 is 0 Å². The fraction of sp³-hybridized carbons (Fsp3) is 0.333. The molecule has 5 nitrogen and oxygen atoms in total. The second-order valence-corrected chi connectivity index (χ2v) is 7.26. The molecule has 0 atom stereocenters. The van der Waals surface area contributed by atoms with Gasteiger partial charge >= 0.3 is 6.18 Å². The van der Waals surface area contributed by atoms with E-state index in [1.165, 1.54) is 24.3 Å². The van der Waals surface area contributed by atoms with Gasteiger partial charge in [-0.3, -0.25) is 9.59 Å². The van der Waals surface area contributed by atoms with E-state index in [4.69, 9.17) is 0 Å². The molecule has 3 rings (SSSR count). The van der Waals surface area contributed by atoms with Gasteiger partial charge in [0.05, 0.1) is 15.4 Å². The Morgan fingerprint density at radius 2 is 1.78 bits per heavy atom. The molecular formula is C18H18F3N3O2S. The standard InChI is InChI=1S/C18H18F3N3O2S/c1-12(25)22-16-6-5-15(27-16)17(26)24-9-7-23(8-10-24)14-4-2-3-13(11-14)18(19,20)21/h2-6,11H,7-10H2,1H3,(H,22,25). The Morgan fingerprint density at radius 1 is 1.07 bits per heavy atom. The molecule has 0 radical (unpaired) electrons. The minimum atomic E-state index is -4.38. The smallest absolute Gasteiger partial charge is 0.368 e. The number of nitrogens with zero attached hydrogens (tertiary/aromatic N) is 2. The number of rotatable bonds is 3. The molecule has 1 aromatic carbocycles. The number of hydrogen-bond acceptors (Lipinski definition) is 4. The molecule has 0 spiro atoms. The number of nitrogens with one attached hydrogen (secondary N) is 1. The highest BCUT2D eigenvalue weighted by Crippen LogP contribution is 2.32. The van der Waals surface area contributed by atoms with Crippen LogP contribution in [0.1, 0.15) is 22.2 Å². The van der Waals surface area contributed by atoms with Crippen molar-refractivity contribution in [2.75, 3.05) is 36.4 Å². The van der Waals surface area contributed by atoms with E-state index < -0.39 is 11.7 Å². The number of carbonyl (C=O) groups excluding carboxylic acids is 2. The molecular weight excluding hydrogens is 379 g/mol. The van der Waals surface area contributed by atoms with E-state index in [0.29, 0.717) is 41.7 Å². The minimum absolute atomic E-state index is 0.139. The highest BCUT2D eigenvalue weighted by molar-refractivity contribution is 7.18. The van der Waals surface area contributed by atoms with Crippen molar-refractivity contribution >= 4 is 33.8 Å². The molecule has 2 aromatic rings. The van der Waals surface area contributed by atoms with E-state index in [0.717, 1.165) is 12.1 Å². The summed E-state index contributed by atoms with van der Waals surface area (Å²) in [5.74, 6) is -0.342. The molecule has 1 fully saturated rings. The highest BCUT2D eigenvalue weighted by Gasteiger charge is 2.31. The monoisotopic (exact) mass is 397 g/mol. The number of anilines is 2. The summed E-state index contributed by atoms with van der Waals surface area (Å²) >= 11 is 1.20. The van der Waals surface area contributed by atoms with Crippen molar-refractivity contribution in [1.29, 1.82) is 0 Å². The van der Waals surface area contributed by atoms with E-state index in [1.807, 2.05) is 4.90 Å². The van der Waals surface area contributed by atoms with Crippen LogP contribution < -0.4 is 10.2 Å². The van der Waals surface area contributed by atoms with E-state index in [2.05, 4.69) is 5.32 Å². The summed E-state index contributed by atoms with van der Waals surface area (Å²) in [7, 11) is 0. The zero-order chi connectivity index (χ0) is 19.6. The molecule has 2 amide bonds. The van der Waals surface area contributed by atoms with Crippen molar-refractivity contribution in [2.24, 2.45) is 0 Å². The lowest BCUT2D eigenvalue weighted by Gasteiger charge is -2.36. The van der Waals surface area contributed by atoms with Gasteiger partial charge in [-0.2, -0.15) is 13.2 Å². The Morgan fingerprint density at radius 3 is 2.41 bits per heavy atom. The van der Waals surface area contributed by atoms with Crippen LogP contribution in [0.5, 0.6) is 0 Å². The van der Waals surface area contributed by atoms with Crippen molar-refractivity contribution in [1.82, 2.24) is 4.90 Å². The SMILES string of the molecule is CC(=O)Nc1ccc(C(=O)N2CCN(c3cccc(C(F)(F)F)c3)CC2)s1. The third kappa shape index (κ3) is 4.60. The van der Waals surface area contributed by atoms with Crippen LogP contribution in [0, 0.1) is 0 Å². The first-order chi connectivity index (χ1) is 12.7. The van der Waals surface area contributed by atoms with Gasteiger partial charge in [-0.25, -0.2) is 0 Å². The minimum Gasteiger partial charge on any atom is -0.368 e. The fourth-order valence-electron chi connectivity index (χ4n) is 2.90. The van der Waals surface area contributed by atoms with Crippen molar-refractivity contribution in [2.45, 2.75) is 13.1 Å². The van der Waals surface area contributed by atoms with Crippen LogP contribution in [0.25, 0.3) is 0 Å². The summed E-state index contributed by atoms with van der Waals surface area (Å²) in [6.07, 6.45) is -4.38. The predicted molar refractivity (Wildman–Crippen MR) is 98.2 cm³/mol. The molecule has 0 unspecified atom stereocenters. The van der Waals surface area contributed by atoms with Gasteiger partial charge in [0.1, 0.15) is 0 Å². The van der Waals surface area contributed by atoms with E-state index in [9.17, 15) is 22.8 Å². The molecule has 0 bridgehead atoms. The molecule has 2 heterocycles. The van der Waals surface area contributed by atoms with Crippen LogP contribution in [0.4, 0.5) is 23.9 Å². The first-order valence-electron chi connectivity index (χ1n) is 8.33. The fourth-order valence-corrected chi connectivity index (χ4v) is 3.82. The van der Waals surface area contributed by atoms with Crippen LogP contribution >= 0.6 is 11.3 Å². The molecule has 0 saturated carbocycles. The van der Waals surface area contributed by atoms with Gasteiger partial charge in [0, 0.05) is 38.8 Å². The van der Waals surface area contributed by atoms with E-state index in [1.54, 1.807) is 23.1 Å². The molecule has 1 aliphatic heterocycles. The second kappa shape index (κ2) is 7.59. The van der Waals surface area contributed by atoms with Gasteiger partial charge in [-0.05, 0) is 30.3 Å². The third-order valence-electron chi connectivity index (χ3n) is 4.22. The van der Waals surface area contributed by atoms with Crippen LogP contribution in [-0.4, -0.2) is 42.9 Å². The van der Waals surface area contributed by atoms with Gasteiger partial charge < -0.3 is 15.1 Å². The van der Waals surface area contributed by atoms with Gasteiger partial charge in [0.2, 0.25) is 5.91 Å². The quantitative estimate of drug-likeness (QED) is 0.860. The van der Waals surface area contributed by atoms with Crippen molar-refractivity contribution in [3.63, 3.8) is 0 Å². The molecule has 0 aliphatic carbocycles. The zero-order valence-corrected chi connectivity index (χ0v) is 15.4. The highest BCUT2D eigenvalue weighted by atomic mass is 32.1. The average molecular weight is 397 g/mol. The number of benzene rings is 1. The topological polar surface area (TPSA) is 52.7 Å². The number of amides is 2. The maximum absolute atomic E-state index is 12.9. The molecule has 1 aliphatic rings. The predicted octanol–water partition coefficient (Wildman–Crippen LogP) is 3.69. The number of carbonyl (C=O) groups is 2. The lowest BCUT2D eigenvalue weighted by Crippen LogP contribution is -2.48. The van der Waals surface area contributed by atoms with Crippen molar-refractivity contribution in [3.05, 3.63) is 46.8 Å². The molecule has 27 heavy (non-hydrogen) atoms. The number of piperazine rings is 1. The van der Waals surface area contributed by atoms with Crippen LogP contribution in [-0.2, 0) is 11.0 Å². The zero-order valence-electron chi connectivity index (χ0n) is 14.5. The third-order valence-corrected chi connectivity index (χ3v) is 5.21. The average Bonchev–Trinajstić information content (AvgIpc) is 3.08. The summed E-state index contributed by atoms with van der Waals surface area (Å²) in [5.41, 5.74) is -0.177. The lowest BCUT2D eigenvalue weighted by molar-refractivity contribution is -0.137. The van der Waals surface area contributed by atoms with Crippen LogP contribution in [0.2, 0.25) is 0 Å². The maximum atomic E-state index is 12.9. The number of thiophene rings is 1. The summed E-state index contributed by atoms with van der Waals surface area (Å²) in [5, 5.41) is 3.24. The molecule has 144 valence electrons. The van der Waals surface area contributed by atoms with Gasteiger partial charge in [-0.15, -0.1) is 11.3 Å². The van der Waals surface area contributed by atoms with Crippen molar-refractivity contribution in [3.8, 4) is 0 Å². The lowest BCUT2D eigenvalue weighted by atomic mass is 10.1. The Balaban J connectivity index is 1.62. The first kappa shape index (κ1) is 19.2. The van der Waals surface area contributed by atoms with Crippen molar-refractivity contribution < 1.29 is 22.8 Å². The summed E-state index contributed by atoms with van der Waals surface area (Å²) in [6, 6.07) is 8.56. The number of hydrogen-bond donors (Lipinski definition) is 1. The van der Waals surface area contributed by atoms with Gasteiger partial charge in [-0.1, -0.05) is 6.07 Å². The molecule has 1 saturated heterocycles. The Hall–Kier alpha value is -2.55. The Bertz CT molecular complexity index is 842. The molecule has 1 aromatic heterocycles. The number of halogens is 3. The first-order valence-corrected chi connectivity index (χ1v) is 9.14. The van der Waals surface area contributed by atoms with Crippen LogP contribution in [0.3, 0.4) is 0 Å². The Kier molecular flexibility index (Phi) is 5.41. The second-order valence-electron chi connectivity index (χ2n) is 6.17. The number of alkyl halides is 3. The van der Waals surface area contributed by atoms with E-state index in [-0.39, 0.29) is 11.8 Å². The molecule has 1 N–H and O–H groups in total. The normalized spacial score (nSPS) is 15.0. The maximum Gasteiger partial charge on any atom is 0.416 e. The molecule has 9 heteroatoms. The van der Waals surface area contributed by atoms with Gasteiger partial charge in [0.25, 0.3) is 5.91 Å². The summed E-state index contributed by atoms with van der Waals surface area (Å²) < 4.78 is 38.6. The van der Waals surface area contributed by atoms with Gasteiger partial charge in [0.15, 0.2) is 0 Å². The summed E-state index contributed by atoms with van der Waals surface area (Å²) in [6.45, 7) is 3.15. The summed E-state index contributed by atoms with van der Waals surface area (Å²) in [4.78, 5) is 27.7. The Labute approximate surface area is 158 Å².